The third-order valence-corrected chi connectivity index (χ3v) is 4.46. The molecule has 0 radical (unpaired) electrons. The van der Waals surface area contributed by atoms with Gasteiger partial charge in [0.05, 0.1) is 11.8 Å². The minimum Gasteiger partial charge on any atom is -0.435 e. The van der Waals surface area contributed by atoms with E-state index in [1.807, 2.05) is 0 Å². The van der Waals surface area contributed by atoms with Gasteiger partial charge in [-0.2, -0.15) is 8.78 Å². The smallest absolute Gasteiger partial charge is 0.387 e. The zero-order valence-electron chi connectivity index (χ0n) is 14.3. The van der Waals surface area contributed by atoms with Gasteiger partial charge in [-0.05, 0) is 42.3 Å². The second-order valence-electron chi connectivity index (χ2n) is 5.91. The number of nitrogens with one attached hydrogen (secondary N) is 1. The predicted octanol–water partition coefficient (Wildman–Crippen LogP) is 3.32. The quantitative estimate of drug-likeness (QED) is 0.796. The van der Waals surface area contributed by atoms with E-state index in [2.05, 4.69) is 10.1 Å². The fourth-order valence-corrected chi connectivity index (χ4v) is 3.15. The molecule has 140 valence electrons. The standard InChI is InChI=1S/C18H19F2NO4S/c1-12(14-7-9-16(10-8-14)25-18(19)20)21-17(22)15-5-3-13(4-6-15)11-26(2,23)24/h3-10,12,18H,11H2,1-2H3,(H,21,22). The molecule has 1 N–H and O–H groups in total. The summed E-state index contributed by atoms with van der Waals surface area (Å²) in [7, 11) is -3.13. The van der Waals surface area contributed by atoms with Gasteiger partial charge in [0.2, 0.25) is 0 Å². The fourth-order valence-electron chi connectivity index (χ4n) is 2.36. The summed E-state index contributed by atoms with van der Waals surface area (Å²) in [6, 6.07) is 12.0. The number of sulfone groups is 1. The van der Waals surface area contributed by atoms with Crippen LogP contribution in [0.5, 0.6) is 5.75 Å². The lowest BCUT2D eigenvalue weighted by Gasteiger charge is -2.15. The van der Waals surface area contributed by atoms with Crippen molar-refractivity contribution >= 4 is 15.7 Å². The Balaban J connectivity index is 2.00. The van der Waals surface area contributed by atoms with Gasteiger partial charge >= 0.3 is 6.61 Å². The Bertz CT molecular complexity index is 850. The van der Waals surface area contributed by atoms with E-state index >= 15 is 0 Å². The zero-order chi connectivity index (χ0) is 19.3. The van der Waals surface area contributed by atoms with Crippen molar-refractivity contribution in [1.29, 1.82) is 0 Å². The molecule has 1 unspecified atom stereocenters. The van der Waals surface area contributed by atoms with Crippen LogP contribution in [0.1, 0.15) is 34.5 Å². The summed E-state index contributed by atoms with van der Waals surface area (Å²) in [6.45, 7) is -1.12. The molecule has 2 rings (SSSR count). The van der Waals surface area contributed by atoms with Crippen LogP contribution in [0.15, 0.2) is 48.5 Å². The minimum atomic E-state index is -3.13. The molecular weight excluding hydrogens is 364 g/mol. The van der Waals surface area contributed by atoms with E-state index in [4.69, 9.17) is 0 Å². The molecule has 5 nitrogen and oxygen atoms in total. The normalized spacial score (nSPS) is 12.7. The molecule has 0 aliphatic carbocycles. The third kappa shape index (κ3) is 6.11. The van der Waals surface area contributed by atoms with Crippen molar-refractivity contribution in [2.24, 2.45) is 0 Å². The summed E-state index contributed by atoms with van der Waals surface area (Å²) in [5, 5.41) is 2.79. The summed E-state index contributed by atoms with van der Waals surface area (Å²) in [5.74, 6) is -0.363. The summed E-state index contributed by atoms with van der Waals surface area (Å²) in [4.78, 5) is 12.3. The molecule has 1 amide bonds. The maximum absolute atomic E-state index is 12.3. The van der Waals surface area contributed by atoms with Crippen LogP contribution < -0.4 is 10.1 Å². The van der Waals surface area contributed by atoms with Crippen LogP contribution in [0, 0.1) is 0 Å². The topological polar surface area (TPSA) is 72.5 Å². The Morgan fingerprint density at radius 3 is 2.15 bits per heavy atom. The van der Waals surface area contributed by atoms with Gasteiger partial charge in [0.15, 0.2) is 9.84 Å². The van der Waals surface area contributed by atoms with Crippen molar-refractivity contribution in [3.8, 4) is 5.75 Å². The Hall–Kier alpha value is -2.48. The van der Waals surface area contributed by atoms with Gasteiger partial charge in [0.25, 0.3) is 5.91 Å². The molecule has 26 heavy (non-hydrogen) atoms. The largest absolute Gasteiger partial charge is 0.435 e. The van der Waals surface area contributed by atoms with Gasteiger partial charge in [0.1, 0.15) is 5.75 Å². The zero-order valence-corrected chi connectivity index (χ0v) is 15.1. The lowest BCUT2D eigenvalue weighted by molar-refractivity contribution is -0.0498. The number of ether oxygens (including phenoxy) is 1. The molecule has 0 aliphatic heterocycles. The molecule has 0 saturated carbocycles. The molecule has 0 bridgehead atoms. The van der Waals surface area contributed by atoms with Gasteiger partial charge in [0, 0.05) is 11.8 Å². The van der Waals surface area contributed by atoms with E-state index in [-0.39, 0.29) is 23.5 Å². The van der Waals surface area contributed by atoms with Crippen LogP contribution in [0.4, 0.5) is 8.78 Å². The molecular formula is C18H19F2NO4S. The SMILES string of the molecule is CC(NC(=O)c1ccc(CS(C)(=O)=O)cc1)c1ccc(OC(F)F)cc1. The van der Waals surface area contributed by atoms with Crippen LogP contribution in [0.3, 0.4) is 0 Å². The van der Waals surface area contributed by atoms with Crippen molar-refractivity contribution in [2.75, 3.05) is 6.26 Å². The van der Waals surface area contributed by atoms with Gasteiger partial charge in [-0.3, -0.25) is 4.79 Å². The highest BCUT2D eigenvalue weighted by Gasteiger charge is 2.13. The number of benzene rings is 2. The van der Waals surface area contributed by atoms with E-state index in [9.17, 15) is 22.0 Å². The molecule has 0 fully saturated rings. The predicted molar refractivity (Wildman–Crippen MR) is 93.9 cm³/mol. The monoisotopic (exact) mass is 383 g/mol. The Morgan fingerprint density at radius 1 is 1.08 bits per heavy atom. The minimum absolute atomic E-state index is 0.0451. The van der Waals surface area contributed by atoms with Crippen molar-refractivity contribution in [2.45, 2.75) is 25.3 Å². The van der Waals surface area contributed by atoms with E-state index in [0.29, 0.717) is 11.1 Å². The van der Waals surface area contributed by atoms with Crippen LogP contribution in [0.25, 0.3) is 0 Å². The molecule has 8 heteroatoms. The Kier molecular flexibility index (Phi) is 6.31. The summed E-state index contributed by atoms with van der Waals surface area (Å²) in [5.41, 5.74) is 1.73. The highest BCUT2D eigenvalue weighted by atomic mass is 32.2. The maximum atomic E-state index is 12.3. The number of carbonyl (C=O) groups excluding carboxylic acids is 1. The highest BCUT2D eigenvalue weighted by Crippen LogP contribution is 2.19. The van der Waals surface area contributed by atoms with Crippen LogP contribution in [-0.4, -0.2) is 27.2 Å². The lowest BCUT2D eigenvalue weighted by Crippen LogP contribution is -2.26. The summed E-state index contributed by atoms with van der Waals surface area (Å²) in [6.07, 6.45) is 1.15. The number of hydrogen-bond acceptors (Lipinski definition) is 4. The Labute approximate surface area is 150 Å². The first-order valence-corrected chi connectivity index (χ1v) is 9.82. The number of carbonyl (C=O) groups is 1. The van der Waals surface area contributed by atoms with Crippen molar-refractivity contribution in [3.05, 3.63) is 65.2 Å². The van der Waals surface area contributed by atoms with E-state index in [1.54, 1.807) is 43.3 Å². The van der Waals surface area contributed by atoms with Gasteiger partial charge in [-0.1, -0.05) is 24.3 Å². The van der Waals surface area contributed by atoms with Crippen molar-refractivity contribution in [3.63, 3.8) is 0 Å². The highest BCUT2D eigenvalue weighted by molar-refractivity contribution is 7.89. The molecule has 0 aromatic heterocycles. The number of hydrogen-bond donors (Lipinski definition) is 1. The number of rotatable bonds is 7. The third-order valence-electron chi connectivity index (χ3n) is 3.60. The number of amides is 1. The van der Waals surface area contributed by atoms with E-state index < -0.39 is 16.4 Å². The van der Waals surface area contributed by atoms with E-state index in [0.717, 1.165) is 11.8 Å². The summed E-state index contributed by atoms with van der Waals surface area (Å²) >= 11 is 0. The van der Waals surface area contributed by atoms with Crippen molar-refractivity contribution < 1.29 is 26.7 Å². The van der Waals surface area contributed by atoms with Crippen LogP contribution in [0.2, 0.25) is 0 Å². The Morgan fingerprint density at radius 2 is 1.65 bits per heavy atom. The first-order valence-electron chi connectivity index (χ1n) is 7.76. The second kappa shape index (κ2) is 8.27. The first kappa shape index (κ1) is 19.8. The molecule has 0 saturated heterocycles. The molecule has 1 atom stereocenters. The number of halogens is 2. The lowest BCUT2D eigenvalue weighted by atomic mass is 10.1. The molecule has 0 spiro atoms. The molecule has 0 heterocycles. The first-order chi connectivity index (χ1) is 12.1. The van der Waals surface area contributed by atoms with Gasteiger partial charge in [-0.25, -0.2) is 8.42 Å². The average molecular weight is 383 g/mol. The van der Waals surface area contributed by atoms with Crippen molar-refractivity contribution in [1.82, 2.24) is 5.32 Å². The molecule has 2 aromatic rings. The summed E-state index contributed by atoms with van der Waals surface area (Å²) < 4.78 is 51.1. The molecule has 0 aliphatic rings. The average Bonchev–Trinajstić information content (AvgIpc) is 2.54. The number of alkyl halides is 2. The molecule has 2 aromatic carbocycles. The second-order valence-corrected chi connectivity index (χ2v) is 8.05. The fraction of sp³-hybridized carbons (Fsp3) is 0.278. The van der Waals surface area contributed by atoms with Gasteiger partial charge in [-0.15, -0.1) is 0 Å². The maximum Gasteiger partial charge on any atom is 0.387 e. The van der Waals surface area contributed by atoms with Crippen LogP contribution in [-0.2, 0) is 15.6 Å². The van der Waals surface area contributed by atoms with Crippen LogP contribution >= 0.6 is 0 Å². The van der Waals surface area contributed by atoms with Gasteiger partial charge < -0.3 is 10.1 Å². The van der Waals surface area contributed by atoms with E-state index in [1.165, 1.54) is 12.1 Å².